The maximum Gasteiger partial charge on any atom is 0.277 e. The first-order chi connectivity index (χ1) is 14.0. The number of amides is 1. The van der Waals surface area contributed by atoms with E-state index in [1.165, 1.54) is 19.2 Å². The van der Waals surface area contributed by atoms with Gasteiger partial charge in [-0.05, 0) is 56.3 Å². The van der Waals surface area contributed by atoms with Gasteiger partial charge in [0.1, 0.15) is 5.82 Å². The van der Waals surface area contributed by atoms with E-state index in [-0.39, 0.29) is 18.3 Å². The summed E-state index contributed by atoms with van der Waals surface area (Å²) in [4.78, 5) is 12.0. The summed E-state index contributed by atoms with van der Waals surface area (Å²) in [5, 5.41) is 4.01. The van der Waals surface area contributed by atoms with Crippen LogP contribution in [0.4, 0.5) is 4.39 Å². The van der Waals surface area contributed by atoms with Crippen molar-refractivity contribution >= 4 is 12.1 Å². The van der Waals surface area contributed by atoms with Crippen LogP contribution >= 0.6 is 0 Å². The minimum Gasteiger partial charge on any atom is -0.493 e. The molecule has 3 aromatic rings. The Morgan fingerprint density at radius 1 is 1.14 bits per heavy atom. The highest BCUT2D eigenvalue weighted by molar-refractivity contribution is 5.84. The van der Waals surface area contributed by atoms with Gasteiger partial charge in [0.25, 0.3) is 5.91 Å². The Hall–Kier alpha value is -3.61. The Kier molecular flexibility index (Phi) is 6.29. The lowest BCUT2D eigenvalue weighted by Crippen LogP contribution is -2.24. The van der Waals surface area contributed by atoms with E-state index in [0.717, 1.165) is 22.6 Å². The predicted molar refractivity (Wildman–Crippen MR) is 109 cm³/mol. The average Bonchev–Trinajstić information content (AvgIpc) is 3.00. The first-order valence-corrected chi connectivity index (χ1v) is 9.02. The van der Waals surface area contributed by atoms with Crippen molar-refractivity contribution in [3.05, 3.63) is 77.4 Å². The van der Waals surface area contributed by atoms with Crippen LogP contribution in [-0.4, -0.2) is 30.4 Å². The molecule has 0 radical (unpaired) electrons. The second-order valence-electron chi connectivity index (χ2n) is 6.37. The lowest BCUT2D eigenvalue weighted by atomic mass is 10.2. The Labute approximate surface area is 168 Å². The monoisotopic (exact) mass is 395 g/mol. The number of ether oxygens (including phenoxy) is 2. The van der Waals surface area contributed by atoms with Gasteiger partial charge in [-0.3, -0.25) is 4.79 Å². The zero-order chi connectivity index (χ0) is 20.8. The van der Waals surface area contributed by atoms with E-state index in [4.69, 9.17) is 9.47 Å². The molecule has 1 heterocycles. The van der Waals surface area contributed by atoms with Crippen LogP contribution in [0.25, 0.3) is 5.69 Å². The molecular weight excluding hydrogens is 373 g/mol. The van der Waals surface area contributed by atoms with E-state index in [9.17, 15) is 9.18 Å². The predicted octanol–water partition coefficient (Wildman–Crippen LogP) is 3.77. The third-order valence-electron chi connectivity index (χ3n) is 4.38. The number of aryl methyl sites for hydroxylation is 1. The number of benzene rings is 2. The third kappa shape index (κ3) is 4.82. The van der Waals surface area contributed by atoms with Gasteiger partial charge in [0.2, 0.25) is 0 Å². The first-order valence-electron chi connectivity index (χ1n) is 9.02. The van der Waals surface area contributed by atoms with Crippen molar-refractivity contribution in [2.45, 2.75) is 13.8 Å². The van der Waals surface area contributed by atoms with E-state index >= 15 is 0 Å². The molecule has 29 heavy (non-hydrogen) atoms. The number of hydrogen-bond acceptors (Lipinski definition) is 4. The molecule has 1 aromatic heterocycles. The van der Waals surface area contributed by atoms with Crippen molar-refractivity contribution in [3.63, 3.8) is 0 Å². The summed E-state index contributed by atoms with van der Waals surface area (Å²) in [5.41, 5.74) is 6.05. The third-order valence-corrected chi connectivity index (χ3v) is 4.38. The Morgan fingerprint density at radius 3 is 2.52 bits per heavy atom. The first kappa shape index (κ1) is 20.1. The average molecular weight is 395 g/mol. The number of para-hydroxylation sites is 2. The van der Waals surface area contributed by atoms with Crippen molar-refractivity contribution in [1.82, 2.24) is 9.99 Å². The van der Waals surface area contributed by atoms with Gasteiger partial charge >= 0.3 is 0 Å². The lowest BCUT2D eigenvalue weighted by Gasteiger charge is -2.09. The molecule has 1 N–H and O–H groups in total. The molecule has 0 saturated heterocycles. The zero-order valence-electron chi connectivity index (χ0n) is 16.5. The molecule has 6 nitrogen and oxygen atoms in total. The summed E-state index contributed by atoms with van der Waals surface area (Å²) in [6, 6.07) is 15.3. The topological polar surface area (TPSA) is 64.8 Å². The van der Waals surface area contributed by atoms with Gasteiger partial charge < -0.3 is 14.0 Å². The molecule has 0 aliphatic heterocycles. The Balaban J connectivity index is 1.62. The SMILES string of the molecule is COc1ccccc1OCC(=O)N/N=C/c1cc(C)n(-c2ccc(F)cc2)c1C. The standard InChI is InChI=1S/C22H22FN3O3/c1-15-12-17(16(2)26(15)19-10-8-18(23)9-11-19)13-24-25-22(27)14-29-21-7-5-4-6-20(21)28-3/h4-13H,14H2,1-3H3,(H,25,27)/b24-13+. The summed E-state index contributed by atoms with van der Waals surface area (Å²) >= 11 is 0. The molecule has 0 unspecified atom stereocenters. The number of hydrogen-bond donors (Lipinski definition) is 1. The molecule has 0 atom stereocenters. The van der Waals surface area contributed by atoms with E-state index in [0.29, 0.717) is 11.5 Å². The van der Waals surface area contributed by atoms with Crippen molar-refractivity contribution in [2.75, 3.05) is 13.7 Å². The molecule has 7 heteroatoms. The van der Waals surface area contributed by atoms with Gasteiger partial charge in [-0.1, -0.05) is 12.1 Å². The van der Waals surface area contributed by atoms with E-state index < -0.39 is 0 Å². The molecule has 0 spiro atoms. The summed E-state index contributed by atoms with van der Waals surface area (Å²) in [6.07, 6.45) is 1.57. The molecule has 1 amide bonds. The van der Waals surface area contributed by atoms with Crippen LogP contribution in [0.15, 0.2) is 59.7 Å². The summed E-state index contributed by atoms with van der Waals surface area (Å²) < 4.78 is 25.8. The van der Waals surface area contributed by atoms with E-state index in [1.807, 2.05) is 30.5 Å². The highest BCUT2D eigenvalue weighted by Gasteiger charge is 2.10. The number of hydrazone groups is 1. The number of carbonyl (C=O) groups excluding carboxylic acids is 1. The van der Waals surface area contributed by atoms with Gasteiger partial charge in [0, 0.05) is 22.6 Å². The normalized spacial score (nSPS) is 10.9. The van der Waals surface area contributed by atoms with Gasteiger partial charge in [-0.25, -0.2) is 9.82 Å². The van der Waals surface area contributed by atoms with Crippen molar-refractivity contribution in [1.29, 1.82) is 0 Å². The number of aromatic nitrogens is 1. The molecule has 150 valence electrons. The molecule has 2 aromatic carbocycles. The summed E-state index contributed by atoms with van der Waals surface area (Å²) in [7, 11) is 1.54. The Morgan fingerprint density at radius 2 is 1.83 bits per heavy atom. The zero-order valence-corrected chi connectivity index (χ0v) is 16.5. The fourth-order valence-corrected chi connectivity index (χ4v) is 2.99. The van der Waals surface area contributed by atoms with E-state index in [1.54, 1.807) is 36.5 Å². The molecule has 3 rings (SSSR count). The van der Waals surface area contributed by atoms with Crippen LogP contribution in [0.3, 0.4) is 0 Å². The number of carbonyl (C=O) groups is 1. The molecule has 0 saturated carbocycles. The van der Waals surface area contributed by atoms with Gasteiger partial charge in [0.05, 0.1) is 13.3 Å². The van der Waals surface area contributed by atoms with Crippen molar-refractivity contribution < 1.29 is 18.7 Å². The summed E-state index contributed by atoms with van der Waals surface area (Å²) in [6.45, 7) is 3.70. The number of methoxy groups -OCH3 is 1. The minimum absolute atomic E-state index is 0.188. The van der Waals surface area contributed by atoms with Crippen LogP contribution in [-0.2, 0) is 4.79 Å². The Bertz CT molecular complexity index is 1030. The number of rotatable bonds is 7. The number of nitrogens with one attached hydrogen (secondary N) is 1. The second-order valence-corrected chi connectivity index (χ2v) is 6.37. The minimum atomic E-state index is -0.389. The lowest BCUT2D eigenvalue weighted by molar-refractivity contribution is -0.123. The molecule has 0 fully saturated rings. The second kappa shape index (κ2) is 9.05. The van der Waals surface area contributed by atoms with Crippen LogP contribution in [0.1, 0.15) is 17.0 Å². The highest BCUT2D eigenvalue weighted by atomic mass is 19.1. The van der Waals surface area contributed by atoms with Crippen LogP contribution in [0.2, 0.25) is 0 Å². The van der Waals surface area contributed by atoms with Crippen LogP contribution < -0.4 is 14.9 Å². The maximum absolute atomic E-state index is 13.2. The highest BCUT2D eigenvalue weighted by Crippen LogP contribution is 2.25. The smallest absolute Gasteiger partial charge is 0.277 e. The van der Waals surface area contributed by atoms with Gasteiger partial charge in [-0.15, -0.1) is 0 Å². The maximum atomic E-state index is 13.2. The largest absolute Gasteiger partial charge is 0.493 e. The number of halogens is 1. The molecule has 0 bridgehead atoms. The molecule has 0 aliphatic carbocycles. The summed E-state index contributed by atoms with van der Waals surface area (Å²) in [5.74, 6) is 0.365. The number of nitrogens with zero attached hydrogens (tertiary/aromatic N) is 2. The van der Waals surface area contributed by atoms with Crippen LogP contribution in [0, 0.1) is 19.7 Å². The van der Waals surface area contributed by atoms with Gasteiger partial charge in [0.15, 0.2) is 18.1 Å². The molecule has 0 aliphatic rings. The van der Waals surface area contributed by atoms with E-state index in [2.05, 4.69) is 10.5 Å². The quantitative estimate of drug-likeness (QED) is 0.489. The fraction of sp³-hybridized carbons (Fsp3) is 0.182. The van der Waals surface area contributed by atoms with Gasteiger partial charge in [-0.2, -0.15) is 5.10 Å². The molecular formula is C22H22FN3O3. The fourth-order valence-electron chi connectivity index (χ4n) is 2.99. The van der Waals surface area contributed by atoms with Crippen LogP contribution in [0.5, 0.6) is 11.5 Å². The van der Waals surface area contributed by atoms with Crippen molar-refractivity contribution in [3.8, 4) is 17.2 Å². The van der Waals surface area contributed by atoms with Crippen molar-refractivity contribution in [2.24, 2.45) is 5.10 Å².